The molecule has 2 saturated heterocycles. The average Bonchev–Trinajstić information content (AvgIpc) is 3.40. The van der Waals surface area contributed by atoms with Gasteiger partial charge in [-0.3, -0.25) is 9.59 Å². The van der Waals surface area contributed by atoms with Gasteiger partial charge >= 0.3 is 0 Å². The first-order valence-electron chi connectivity index (χ1n) is 9.95. The molecule has 29 heavy (non-hydrogen) atoms. The van der Waals surface area contributed by atoms with Gasteiger partial charge in [0, 0.05) is 50.8 Å². The number of aromatic nitrogens is 3. The van der Waals surface area contributed by atoms with Crippen LogP contribution in [0.2, 0.25) is 0 Å². The topological polar surface area (TPSA) is 70.8 Å². The molecule has 2 aliphatic heterocycles. The van der Waals surface area contributed by atoms with Gasteiger partial charge in [-0.05, 0) is 24.1 Å². The second kappa shape index (κ2) is 6.69. The first-order chi connectivity index (χ1) is 14.0. The van der Waals surface area contributed by atoms with E-state index >= 15 is 0 Å². The molecule has 148 valence electrons. The maximum absolute atomic E-state index is 13.2. The van der Waals surface area contributed by atoms with E-state index in [2.05, 4.69) is 29.1 Å². The van der Waals surface area contributed by atoms with Gasteiger partial charge in [-0.25, -0.2) is 9.50 Å². The number of fused-ring (bicyclic) bond motifs is 2. The molecule has 3 atom stereocenters. The summed E-state index contributed by atoms with van der Waals surface area (Å²) >= 11 is 0. The molecule has 0 radical (unpaired) electrons. The van der Waals surface area contributed by atoms with Gasteiger partial charge in [-0.1, -0.05) is 24.3 Å². The number of carbonyl (C=O) groups is 2. The van der Waals surface area contributed by atoms with E-state index < -0.39 is 0 Å². The highest BCUT2D eigenvalue weighted by Crippen LogP contribution is 2.46. The minimum atomic E-state index is -0.0361. The van der Waals surface area contributed by atoms with E-state index in [0.29, 0.717) is 30.8 Å². The monoisotopic (exact) mass is 389 g/mol. The third-order valence-corrected chi connectivity index (χ3v) is 6.37. The Hall–Kier alpha value is -3.22. The van der Waals surface area contributed by atoms with Crippen molar-refractivity contribution in [2.45, 2.75) is 19.9 Å². The number of nitrogens with zero attached hydrogens (tertiary/aromatic N) is 5. The van der Waals surface area contributed by atoms with Crippen molar-refractivity contribution >= 4 is 17.5 Å². The molecule has 0 aliphatic carbocycles. The van der Waals surface area contributed by atoms with E-state index in [-0.39, 0.29) is 29.7 Å². The summed E-state index contributed by atoms with van der Waals surface area (Å²) < 4.78 is 1.62. The lowest BCUT2D eigenvalue weighted by Crippen LogP contribution is -2.36. The normalized spacial score (nSPS) is 23.6. The fourth-order valence-electron chi connectivity index (χ4n) is 5.00. The van der Waals surface area contributed by atoms with Gasteiger partial charge < -0.3 is 9.80 Å². The van der Waals surface area contributed by atoms with E-state index in [1.54, 1.807) is 36.1 Å². The van der Waals surface area contributed by atoms with Gasteiger partial charge in [-0.15, -0.1) is 0 Å². The summed E-state index contributed by atoms with van der Waals surface area (Å²) in [4.78, 5) is 33.8. The summed E-state index contributed by atoms with van der Waals surface area (Å²) in [6.07, 6.45) is 5.06. The molecule has 7 heteroatoms. The van der Waals surface area contributed by atoms with Crippen LogP contribution in [0.4, 0.5) is 0 Å². The van der Waals surface area contributed by atoms with Gasteiger partial charge in [0.15, 0.2) is 5.65 Å². The van der Waals surface area contributed by atoms with Crippen LogP contribution in [0.15, 0.2) is 48.9 Å². The maximum atomic E-state index is 13.2. The predicted molar refractivity (Wildman–Crippen MR) is 107 cm³/mol. The number of hydrogen-bond donors (Lipinski definition) is 0. The Balaban J connectivity index is 1.45. The van der Waals surface area contributed by atoms with E-state index in [0.717, 1.165) is 0 Å². The molecule has 5 rings (SSSR count). The Morgan fingerprint density at radius 3 is 2.72 bits per heavy atom. The third kappa shape index (κ3) is 2.80. The van der Waals surface area contributed by atoms with Crippen molar-refractivity contribution < 1.29 is 9.59 Å². The van der Waals surface area contributed by atoms with Gasteiger partial charge in [0.1, 0.15) is 5.56 Å². The molecule has 2 amide bonds. The Morgan fingerprint density at radius 2 is 1.93 bits per heavy atom. The van der Waals surface area contributed by atoms with Crippen molar-refractivity contribution in [3.8, 4) is 0 Å². The summed E-state index contributed by atoms with van der Waals surface area (Å²) in [5.41, 5.74) is 3.47. The summed E-state index contributed by atoms with van der Waals surface area (Å²) in [5.74, 6) is 0.573. The molecule has 2 aromatic heterocycles. The Morgan fingerprint density at radius 1 is 1.10 bits per heavy atom. The molecule has 0 spiro atoms. The molecule has 0 N–H and O–H groups in total. The zero-order valence-electron chi connectivity index (χ0n) is 16.5. The van der Waals surface area contributed by atoms with Crippen molar-refractivity contribution in [1.82, 2.24) is 24.4 Å². The minimum absolute atomic E-state index is 0.0125. The van der Waals surface area contributed by atoms with Crippen LogP contribution >= 0.6 is 0 Å². The molecule has 0 saturated carbocycles. The lowest BCUT2D eigenvalue weighted by Gasteiger charge is -2.30. The lowest BCUT2D eigenvalue weighted by molar-refractivity contribution is -0.130. The van der Waals surface area contributed by atoms with Crippen LogP contribution in [0.25, 0.3) is 5.65 Å². The molecular formula is C22H23N5O2. The molecule has 2 aliphatic rings. The van der Waals surface area contributed by atoms with Crippen LogP contribution < -0.4 is 0 Å². The predicted octanol–water partition coefficient (Wildman–Crippen LogP) is 2.33. The molecular weight excluding hydrogens is 366 g/mol. The second-order valence-corrected chi connectivity index (χ2v) is 8.05. The second-order valence-electron chi connectivity index (χ2n) is 8.05. The molecule has 0 unspecified atom stereocenters. The maximum Gasteiger partial charge on any atom is 0.259 e. The van der Waals surface area contributed by atoms with Crippen molar-refractivity contribution in [1.29, 1.82) is 0 Å². The highest BCUT2D eigenvalue weighted by Gasteiger charge is 2.50. The van der Waals surface area contributed by atoms with E-state index in [1.807, 2.05) is 21.9 Å². The quantitative estimate of drug-likeness (QED) is 0.675. The Kier molecular flexibility index (Phi) is 4.12. The molecule has 2 fully saturated rings. The van der Waals surface area contributed by atoms with Crippen LogP contribution in [0.3, 0.4) is 0 Å². The molecule has 0 bridgehead atoms. The van der Waals surface area contributed by atoms with Crippen molar-refractivity contribution in [2.24, 2.45) is 11.8 Å². The van der Waals surface area contributed by atoms with Crippen LogP contribution in [0.5, 0.6) is 0 Å². The van der Waals surface area contributed by atoms with Crippen LogP contribution in [0, 0.1) is 18.8 Å². The number of rotatable bonds is 2. The lowest BCUT2D eigenvalue weighted by atomic mass is 9.87. The van der Waals surface area contributed by atoms with Gasteiger partial charge in [0.25, 0.3) is 5.91 Å². The summed E-state index contributed by atoms with van der Waals surface area (Å²) in [6, 6.07) is 10.0. The Labute approximate surface area is 168 Å². The minimum Gasteiger partial charge on any atom is -0.338 e. The van der Waals surface area contributed by atoms with Crippen LogP contribution in [0.1, 0.15) is 34.5 Å². The first kappa shape index (κ1) is 17.8. The van der Waals surface area contributed by atoms with Gasteiger partial charge in [0.2, 0.25) is 5.91 Å². The molecule has 3 aromatic rings. The third-order valence-electron chi connectivity index (χ3n) is 6.37. The number of likely N-dealkylation sites (tertiary alicyclic amines) is 2. The molecule has 7 nitrogen and oxygen atoms in total. The molecule has 1 aromatic carbocycles. The highest BCUT2D eigenvalue weighted by atomic mass is 16.2. The van der Waals surface area contributed by atoms with Crippen molar-refractivity contribution in [3.63, 3.8) is 0 Å². The fraction of sp³-hybridized carbons (Fsp3) is 0.364. The summed E-state index contributed by atoms with van der Waals surface area (Å²) in [7, 11) is 0. The SMILES string of the molecule is CC(=O)N1C[C@H]2CN(C(=O)c3cnn4cccnc34)C[C@H]2[C@@H]1c1ccccc1C. The number of amides is 2. The average molecular weight is 389 g/mol. The van der Waals surface area contributed by atoms with Crippen LogP contribution in [-0.2, 0) is 4.79 Å². The van der Waals surface area contributed by atoms with Crippen molar-refractivity contribution in [3.05, 3.63) is 65.6 Å². The summed E-state index contributed by atoms with van der Waals surface area (Å²) in [6.45, 7) is 5.70. The largest absolute Gasteiger partial charge is 0.338 e. The molecule has 4 heterocycles. The van der Waals surface area contributed by atoms with E-state index in [1.165, 1.54) is 11.1 Å². The van der Waals surface area contributed by atoms with Crippen LogP contribution in [-0.4, -0.2) is 55.8 Å². The van der Waals surface area contributed by atoms with Gasteiger partial charge in [-0.2, -0.15) is 5.10 Å². The van der Waals surface area contributed by atoms with E-state index in [4.69, 9.17) is 0 Å². The van der Waals surface area contributed by atoms with Crippen molar-refractivity contribution in [2.75, 3.05) is 19.6 Å². The standard InChI is InChI=1S/C22H23N5O2/c1-14-6-3-4-7-17(14)20-19-13-25(11-16(19)12-26(20)15(2)28)22(29)18-10-24-27-9-5-8-23-21(18)27/h3-10,16,19-20H,11-13H2,1-2H3/t16-,19-,20+/m1/s1. The number of benzene rings is 1. The fourth-order valence-corrected chi connectivity index (χ4v) is 5.00. The first-order valence-corrected chi connectivity index (χ1v) is 9.95. The number of aryl methyl sites for hydroxylation is 1. The zero-order valence-corrected chi connectivity index (χ0v) is 16.5. The number of hydrogen-bond acceptors (Lipinski definition) is 4. The smallest absolute Gasteiger partial charge is 0.259 e. The van der Waals surface area contributed by atoms with Gasteiger partial charge in [0.05, 0.1) is 12.2 Å². The zero-order chi connectivity index (χ0) is 20.1. The summed E-state index contributed by atoms with van der Waals surface area (Å²) in [5, 5.41) is 4.25. The highest BCUT2D eigenvalue weighted by molar-refractivity contribution is 5.99. The Bertz CT molecular complexity index is 1110. The van der Waals surface area contributed by atoms with E-state index in [9.17, 15) is 9.59 Å². The number of carbonyl (C=O) groups excluding carboxylic acids is 2.